The summed E-state index contributed by atoms with van der Waals surface area (Å²) in [6.45, 7) is 5.71. The topological polar surface area (TPSA) is 102 Å². The Balaban J connectivity index is 1.17. The van der Waals surface area contributed by atoms with Crippen LogP contribution >= 0.6 is 0 Å². The molecule has 1 aromatic carbocycles. The molecule has 35 heavy (non-hydrogen) atoms. The minimum absolute atomic E-state index is 0.0518. The van der Waals surface area contributed by atoms with Crippen molar-refractivity contribution < 1.29 is 14.7 Å². The number of amides is 2. The summed E-state index contributed by atoms with van der Waals surface area (Å²) in [6.07, 6.45) is 4.23. The molecule has 2 fully saturated rings. The highest BCUT2D eigenvalue weighted by molar-refractivity contribution is 5.93. The van der Waals surface area contributed by atoms with Gasteiger partial charge >= 0.3 is 0 Å². The van der Waals surface area contributed by atoms with Crippen molar-refractivity contribution >= 4 is 17.6 Å². The summed E-state index contributed by atoms with van der Waals surface area (Å²) >= 11 is 0. The van der Waals surface area contributed by atoms with Crippen molar-refractivity contribution in [1.29, 1.82) is 0 Å². The average Bonchev–Trinajstić information content (AvgIpc) is 2.88. The van der Waals surface area contributed by atoms with Gasteiger partial charge in [0.25, 0.3) is 5.91 Å². The van der Waals surface area contributed by atoms with Gasteiger partial charge in [-0.05, 0) is 36.8 Å². The Morgan fingerprint density at radius 2 is 1.74 bits per heavy atom. The Kier molecular flexibility index (Phi) is 6.97. The van der Waals surface area contributed by atoms with Crippen molar-refractivity contribution in [1.82, 2.24) is 24.7 Å². The predicted octanol–water partition coefficient (Wildman–Crippen LogP) is 1.53. The summed E-state index contributed by atoms with van der Waals surface area (Å²) in [6, 6.07) is 10.5. The van der Waals surface area contributed by atoms with Crippen molar-refractivity contribution in [3.63, 3.8) is 0 Å². The van der Waals surface area contributed by atoms with E-state index in [9.17, 15) is 14.7 Å². The zero-order valence-corrected chi connectivity index (χ0v) is 20.3. The molecule has 3 aliphatic heterocycles. The maximum Gasteiger partial charge on any atom is 0.272 e. The molecule has 2 N–H and O–H groups in total. The van der Waals surface area contributed by atoms with E-state index in [1.54, 1.807) is 17.9 Å². The molecular formula is C26H34N6O3. The summed E-state index contributed by atoms with van der Waals surface area (Å²) in [5.74, 6) is 0.546. The van der Waals surface area contributed by atoms with Crippen molar-refractivity contribution in [3.05, 3.63) is 53.5 Å². The Morgan fingerprint density at radius 3 is 2.49 bits per heavy atom. The first-order valence-electron chi connectivity index (χ1n) is 12.6. The van der Waals surface area contributed by atoms with Crippen LogP contribution in [0.1, 0.15) is 47.8 Å². The highest BCUT2D eigenvalue weighted by Gasteiger charge is 2.35. The van der Waals surface area contributed by atoms with Crippen LogP contribution < -0.4 is 5.32 Å². The number of carbonyl (C=O) groups excluding carboxylic acids is 2. The van der Waals surface area contributed by atoms with Gasteiger partial charge in [0.05, 0.1) is 6.10 Å². The van der Waals surface area contributed by atoms with Gasteiger partial charge in [-0.1, -0.05) is 24.3 Å². The van der Waals surface area contributed by atoms with Gasteiger partial charge in [0.15, 0.2) is 0 Å². The van der Waals surface area contributed by atoms with E-state index in [1.807, 2.05) is 4.90 Å². The van der Waals surface area contributed by atoms with Gasteiger partial charge in [-0.15, -0.1) is 0 Å². The molecule has 9 nitrogen and oxygen atoms in total. The number of benzene rings is 1. The van der Waals surface area contributed by atoms with Gasteiger partial charge in [0, 0.05) is 64.3 Å². The fourth-order valence-electron chi connectivity index (χ4n) is 5.59. The smallest absolute Gasteiger partial charge is 0.272 e. The van der Waals surface area contributed by atoms with E-state index in [1.165, 1.54) is 17.5 Å². The fraction of sp³-hybridized carbons (Fsp3) is 0.538. The molecule has 5 rings (SSSR count). The van der Waals surface area contributed by atoms with Crippen molar-refractivity contribution in [3.8, 4) is 0 Å². The van der Waals surface area contributed by atoms with E-state index in [2.05, 4.69) is 44.5 Å². The van der Waals surface area contributed by atoms with Crippen LogP contribution in [0, 0.1) is 0 Å². The van der Waals surface area contributed by atoms with Crippen LogP contribution in [0.4, 0.5) is 5.82 Å². The van der Waals surface area contributed by atoms with Gasteiger partial charge in [0.2, 0.25) is 5.91 Å². The lowest BCUT2D eigenvalue weighted by Gasteiger charge is -2.43. The summed E-state index contributed by atoms with van der Waals surface area (Å²) in [5.41, 5.74) is 3.06. The molecule has 1 unspecified atom stereocenters. The zero-order chi connectivity index (χ0) is 24.4. The van der Waals surface area contributed by atoms with E-state index >= 15 is 0 Å². The van der Waals surface area contributed by atoms with E-state index < -0.39 is 6.10 Å². The second-order valence-corrected chi connectivity index (χ2v) is 9.88. The first-order chi connectivity index (χ1) is 17.0. The molecule has 0 aliphatic carbocycles. The number of aliphatic hydroxyl groups excluding tert-OH is 1. The molecule has 1 aromatic heterocycles. The number of anilines is 1. The Labute approximate surface area is 206 Å². The third kappa shape index (κ3) is 5.31. The molecule has 186 valence electrons. The highest BCUT2D eigenvalue weighted by Crippen LogP contribution is 2.26. The van der Waals surface area contributed by atoms with Crippen molar-refractivity contribution in [2.75, 3.05) is 38.0 Å². The molecule has 0 bridgehead atoms. The number of hydrogen-bond acceptors (Lipinski definition) is 7. The Hall–Kier alpha value is -3.04. The summed E-state index contributed by atoms with van der Waals surface area (Å²) in [5, 5.41) is 14.3. The van der Waals surface area contributed by atoms with Crippen LogP contribution in [0.5, 0.6) is 0 Å². The van der Waals surface area contributed by atoms with E-state index in [0.29, 0.717) is 24.6 Å². The van der Waals surface area contributed by atoms with Gasteiger partial charge in [-0.25, -0.2) is 9.97 Å². The number of nitrogens with zero attached hydrogens (tertiary/aromatic N) is 5. The van der Waals surface area contributed by atoms with Crippen LogP contribution in [-0.4, -0.2) is 92.5 Å². The minimum atomic E-state index is -0.594. The van der Waals surface area contributed by atoms with E-state index in [-0.39, 0.29) is 23.9 Å². The van der Waals surface area contributed by atoms with Crippen LogP contribution in [0.25, 0.3) is 0 Å². The zero-order valence-electron chi connectivity index (χ0n) is 20.3. The average molecular weight is 479 g/mol. The van der Waals surface area contributed by atoms with Crippen molar-refractivity contribution in [2.24, 2.45) is 0 Å². The number of fused-ring (bicyclic) bond motifs is 1. The third-order valence-corrected chi connectivity index (χ3v) is 7.64. The lowest BCUT2D eigenvalue weighted by atomic mass is 9.94. The number of rotatable bonds is 4. The Bertz CT molecular complexity index is 1070. The SMILES string of the molecule is CC(=O)N1CCC(Nc2cc(C(=O)N3CCC(N4CCc5ccccc5C4)[C@H](O)C3)ncn2)CC1. The second kappa shape index (κ2) is 10.3. The molecule has 9 heteroatoms. The van der Waals surface area contributed by atoms with Crippen LogP contribution in [-0.2, 0) is 17.8 Å². The molecule has 0 saturated carbocycles. The quantitative estimate of drug-likeness (QED) is 0.687. The largest absolute Gasteiger partial charge is 0.390 e. The highest BCUT2D eigenvalue weighted by atomic mass is 16.3. The first-order valence-corrected chi connectivity index (χ1v) is 12.6. The molecule has 4 heterocycles. The van der Waals surface area contributed by atoms with Crippen LogP contribution in [0.3, 0.4) is 0 Å². The fourth-order valence-corrected chi connectivity index (χ4v) is 5.59. The minimum Gasteiger partial charge on any atom is -0.390 e. The van der Waals surface area contributed by atoms with Crippen LogP contribution in [0.2, 0.25) is 0 Å². The summed E-state index contributed by atoms with van der Waals surface area (Å²) < 4.78 is 0. The number of likely N-dealkylation sites (tertiary alicyclic amines) is 2. The molecular weight excluding hydrogens is 444 g/mol. The molecule has 2 amide bonds. The lowest BCUT2D eigenvalue weighted by molar-refractivity contribution is -0.129. The van der Waals surface area contributed by atoms with Gasteiger partial charge in [-0.2, -0.15) is 0 Å². The maximum atomic E-state index is 13.2. The van der Waals surface area contributed by atoms with Gasteiger partial charge in [-0.3, -0.25) is 14.5 Å². The normalized spacial score (nSPS) is 23.6. The molecule has 3 aliphatic rings. The summed E-state index contributed by atoms with van der Waals surface area (Å²) in [7, 11) is 0. The number of aliphatic hydroxyl groups is 1. The molecule has 2 saturated heterocycles. The van der Waals surface area contributed by atoms with Crippen molar-refractivity contribution in [2.45, 2.75) is 57.3 Å². The molecule has 2 aromatic rings. The standard InChI is InChI=1S/C26H34N6O3/c1-18(33)30-11-7-21(8-12-30)29-25-14-22(27-17-28-25)26(35)32-13-9-23(24(34)16-32)31-10-6-19-4-2-3-5-20(19)15-31/h2-5,14,17,21,23-24,34H,6-13,15-16H2,1H3,(H,27,28,29)/t23?,24-/m1/s1. The van der Waals surface area contributed by atoms with Crippen LogP contribution in [0.15, 0.2) is 36.7 Å². The third-order valence-electron chi connectivity index (χ3n) is 7.64. The summed E-state index contributed by atoms with van der Waals surface area (Å²) in [4.78, 5) is 39.2. The lowest BCUT2D eigenvalue weighted by Crippen LogP contribution is -2.56. The van der Waals surface area contributed by atoms with Gasteiger partial charge in [0.1, 0.15) is 17.8 Å². The maximum absolute atomic E-state index is 13.2. The Morgan fingerprint density at radius 1 is 1.00 bits per heavy atom. The van der Waals surface area contributed by atoms with E-state index in [0.717, 1.165) is 51.9 Å². The predicted molar refractivity (Wildman–Crippen MR) is 132 cm³/mol. The monoisotopic (exact) mass is 478 g/mol. The molecule has 0 spiro atoms. The molecule has 2 atom stereocenters. The number of aromatic nitrogens is 2. The number of β-amino-alcohol motifs (C(OH)–C–C–N with tert-alkyl or cyclic N) is 1. The van der Waals surface area contributed by atoms with Gasteiger partial charge < -0.3 is 20.2 Å². The molecule has 0 radical (unpaired) electrons. The van der Waals surface area contributed by atoms with E-state index in [4.69, 9.17) is 0 Å². The second-order valence-electron chi connectivity index (χ2n) is 9.88. The number of nitrogens with one attached hydrogen (secondary N) is 1. The number of carbonyl (C=O) groups is 2. The number of hydrogen-bond donors (Lipinski definition) is 2. The first kappa shape index (κ1) is 23.7. The number of piperidine rings is 2.